The molecule has 0 aromatic heterocycles. The number of carbonyl (C=O) groups is 1. The van der Waals surface area contributed by atoms with Gasteiger partial charge in [0.05, 0.1) is 31.3 Å². The predicted octanol–water partition coefficient (Wildman–Crippen LogP) is -2.22. The van der Waals surface area contributed by atoms with Gasteiger partial charge in [-0.15, -0.1) is 0 Å². The molecule has 0 aromatic carbocycles. The third-order valence-corrected chi connectivity index (χ3v) is 17.9. The third-order valence-electron chi connectivity index (χ3n) is 17.5. The molecule has 344 valence electrons. The fourth-order valence-corrected chi connectivity index (χ4v) is 14.0. The van der Waals surface area contributed by atoms with E-state index in [4.69, 9.17) is 23.1 Å². The Kier molecular flexibility index (Phi) is 14.3. The third kappa shape index (κ3) is 8.29. The molecule has 0 bridgehead atoms. The van der Waals surface area contributed by atoms with E-state index >= 15 is 0 Å². The van der Waals surface area contributed by atoms with Crippen molar-refractivity contribution in [2.24, 2.45) is 50.2 Å². The molecule has 4 saturated carbocycles. The van der Waals surface area contributed by atoms with Crippen molar-refractivity contribution in [2.75, 3.05) is 19.8 Å². The molecule has 0 radical (unpaired) electrons. The molecular formula is C42H67NaO17S. The van der Waals surface area contributed by atoms with Crippen LogP contribution in [0, 0.1) is 50.2 Å². The fraction of sp³-hybridized carbons (Fsp3) is 0.929. The van der Waals surface area contributed by atoms with Crippen LogP contribution in [-0.2, 0) is 38.3 Å². The Morgan fingerprint density at radius 1 is 0.787 bits per heavy atom. The number of hydrogen-bond donors (Lipinski definition) is 8. The van der Waals surface area contributed by atoms with Gasteiger partial charge in [0, 0.05) is 5.41 Å². The summed E-state index contributed by atoms with van der Waals surface area (Å²) in [6.07, 6.45) is -8.44. The Morgan fingerprint density at radius 2 is 1.39 bits per heavy atom. The SMILES string of the molecule is CC1(C)CC[C@]2(C(=O)O[C@@H]3O[C@H](CO[C@@H]4O[C@H](CO)[C@@H](O)[C@H](O)[C@H]4O)[C@@H](O)[C@H](O)[C@H]3O)CC[C@]3(C)C(=CC[C@@H]4[C@@]5(C)CC[C@H](O)[C@@](C)(COS(=O)(=O)[O-])[C@@H]5CC[C@]43C)[C@@H]2C1.[Na+]. The maximum atomic E-state index is 14.8. The van der Waals surface area contributed by atoms with Crippen LogP contribution in [0.5, 0.6) is 0 Å². The Balaban J connectivity index is 0.00000622. The standard InChI is InChI=1S/C42H68O17S.Na/c1-37(2)13-15-42(36(51)59-35-33(50)31(48)29(46)24(58-35)19-55-34-32(49)30(47)28(45)23(18-43)57-34)16-14-40(5)21(22(42)17-37)7-8-26-38(3)11-10-27(44)39(4,20-56-60(52,53)54)25(38)9-12-41(26,40)6;/h7,22-35,43-50H,8-20H2,1-6H3,(H,52,53,54);/q;+1/p-1/t22-,23+,24+,25+,26+,27-,28+,29+,30-,31-,32+,33+,34+,35-,38-,39-,40+,41+,42-;/m0./s1. The monoisotopic (exact) mass is 898 g/mol. The minimum Gasteiger partial charge on any atom is -0.726 e. The van der Waals surface area contributed by atoms with Gasteiger partial charge in [0.1, 0.15) is 48.8 Å². The molecule has 61 heavy (non-hydrogen) atoms. The van der Waals surface area contributed by atoms with E-state index in [1.807, 2.05) is 6.92 Å². The van der Waals surface area contributed by atoms with Crippen molar-refractivity contribution in [1.29, 1.82) is 0 Å². The molecule has 7 rings (SSSR count). The maximum absolute atomic E-state index is 14.8. The number of hydrogen-bond acceptors (Lipinski definition) is 17. The first-order valence-corrected chi connectivity index (χ1v) is 22.9. The van der Waals surface area contributed by atoms with E-state index in [1.165, 1.54) is 5.57 Å². The topological polar surface area (TPSA) is 282 Å². The van der Waals surface area contributed by atoms with Gasteiger partial charge in [0.15, 0.2) is 6.29 Å². The summed E-state index contributed by atoms with van der Waals surface area (Å²) < 4.78 is 62.6. The molecule has 2 saturated heterocycles. The number of aliphatic hydroxyl groups excluding tert-OH is 8. The van der Waals surface area contributed by atoms with Crippen LogP contribution in [0.25, 0.3) is 0 Å². The summed E-state index contributed by atoms with van der Waals surface area (Å²) in [6.45, 7) is 11.5. The zero-order valence-corrected chi connectivity index (χ0v) is 39.3. The van der Waals surface area contributed by atoms with E-state index < -0.39 is 108 Å². The van der Waals surface area contributed by atoms with Crippen LogP contribution in [0.1, 0.15) is 106 Å². The van der Waals surface area contributed by atoms with Gasteiger partial charge in [0.25, 0.3) is 0 Å². The van der Waals surface area contributed by atoms with E-state index in [0.717, 1.165) is 19.3 Å². The molecule has 19 heteroatoms. The molecule has 6 fully saturated rings. The van der Waals surface area contributed by atoms with Crippen molar-refractivity contribution in [1.82, 2.24) is 0 Å². The summed E-state index contributed by atoms with van der Waals surface area (Å²) in [5, 5.41) is 84.5. The van der Waals surface area contributed by atoms with E-state index in [0.29, 0.717) is 44.9 Å². The molecular weight excluding hydrogens is 832 g/mol. The molecule has 8 N–H and O–H groups in total. The van der Waals surface area contributed by atoms with Gasteiger partial charge in [-0.3, -0.25) is 8.98 Å². The van der Waals surface area contributed by atoms with Crippen LogP contribution in [0.15, 0.2) is 11.6 Å². The normalized spacial score (nSPS) is 50.7. The summed E-state index contributed by atoms with van der Waals surface area (Å²) >= 11 is 0. The van der Waals surface area contributed by atoms with E-state index in [1.54, 1.807) is 0 Å². The molecule has 2 aliphatic heterocycles. The number of aliphatic hydroxyl groups is 8. The van der Waals surface area contributed by atoms with Crippen LogP contribution in [0.4, 0.5) is 0 Å². The van der Waals surface area contributed by atoms with Crippen molar-refractivity contribution in [3.8, 4) is 0 Å². The van der Waals surface area contributed by atoms with Gasteiger partial charge in [-0.25, -0.2) is 8.42 Å². The van der Waals surface area contributed by atoms with Crippen molar-refractivity contribution < 1.29 is 111 Å². The average molecular weight is 899 g/mol. The average Bonchev–Trinajstić information content (AvgIpc) is 3.18. The summed E-state index contributed by atoms with van der Waals surface area (Å²) in [5.74, 6) is -0.780. The number of carbonyl (C=O) groups excluding carboxylic acids is 1. The summed E-state index contributed by atoms with van der Waals surface area (Å²) in [7, 11) is -4.97. The van der Waals surface area contributed by atoms with Gasteiger partial charge in [-0.05, 0) is 104 Å². The second-order valence-corrected chi connectivity index (χ2v) is 22.1. The van der Waals surface area contributed by atoms with Crippen molar-refractivity contribution in [2.45, 2.75) is 173 Å². The Hall–Kier alpha value is -0.360. The van der Waals surface area contributed by atoms with Crippen LogP contribution in [0.3, 0.4) is 0 Å². The van der Waals surface area contributed by atoms with Crippen molar-refractivity contribution in [3.63, 3.8) is 0 Å². The number of rotatable bonds is 9. The van der Waals surface area contributed by atoms with Gasteiger partial charge >= 0.3 is 35.5 Å². The molecule has 2 heterocycles. The van der Waals surface area contributed by atoms with E-state index in [2.05, 4.69) is 40.7 Å². The van der Waals surface area contributed by atoms with Crippen LogP contribution < -0.4 is 29.6 Å². The Labute approximate surface area is 380 Å². The Bertz CT molecular complexity index is 1770. The molecule has 0 spiro atoms. The maximum Gasteiger partial charge on any atom is 1.00 e. The predicted molar refractivity (Wildman–Crippen MR) is 208 cm³/mol. The number of ether oxygens (including phenoxy) is 4. The van der Waals surface area contributed by atoms with E-state index in [9.17, 15) is 58.6 Å². The van der Waals surface area contributed by atoms with Crippen LogP contribution in [-0.4, -0.2) is 147 Å². The molecule has 7 aliphatic rings. The number of fused-ring (bicyclic) bond motifs is 7. The first kappa shape index (κ1) is 50.1. The van der Waals surface area contributed by atoms with Crippen molar-refractivity contribution in [3.05, 3.63) is 11.6 Å². The molecule has 0 unspecified atom stereocenters. The molecule has 5 aliphatic carbocycles. The van der Waals surface area contributed by atoms with Gasteiger partial charge < -0.3 is 64.4 Å². The summed E-state index contributed by atoms with van der Waals surface area (Å²) in [4.78, 5) is 14.8. The fourth-order valence-electron chi connectivity index (χ4n) is 13.6. The summed E-state index contributed by atoms with van der Waals surface area (Å²) in [5.41, 5.74) is -1.77. The molecule has 0 amide bonds. The largest absolute Gasteiger partial charge is 1.00 e. The molecule has 17 nitrogen and oxygen atoms in total. The van der Waals surface area contributed by atoms with Crippen molar-refractivity contribution >= 4 is 16.4 Å². The van der Waals surface area contributed by atoms with Gasteiger partial charge in [0.2, 0.25) is 16.7 Å². The first-order valence-electron chi connectivity index (χ1n) is 21.6. The second kappa shape index (κ2) is 17.4. The second-order valence-electron chi connectivity index (χ2n) is 21.1. The van der Waals surface area contributed by atoms with Crippen LogP contribution >= 0.6 is 0 Å². The minimum atomic E-state index is -4.97. The number of allylic oxidation sites excluding steroid dienone is 2. The Morgan fingerprint density at radius 3 is 2.03 bits per heavy atom. The molecule has 19 atom stereocenters. The quantitative estimate of drug-likeness (QED) is 0.0400. The zero-order chi connectivity index (χ0) is 44.2. The van der Waals surface area contributed by atoms with Gasteiger partial charge in [-0.1, -0.05) is 53.2 Å². The smallest absolute Gasteiger partial charge is 0.726 e. The zero-order valence-electron chi connectivity index (χ0n) is 36.5. The molecule has 0 aromatic rings. The minimum absolute atomic E-state index is 0. The first-order chi connectivity index (χ1) is 27.8. The number of esters is 1. The summed E-state index contributed by atoms with van der Waals surface area (Å²) in [6, 6.07) is 0. The van der Waals surface area contributed by atoms with E-state index in [-0.39, 0.29) is 75.6 Å². The van der Waals surface area contributed by atoms with Crippen LogP contribution in [0.2, 0.25) is 0 Å². The van der Waals surface area contributed by atoms with Gasteiger partial charge in [-0.2, -0.15) is 0 Å².